The molecule has 0 fully saturated rings. The van der Waals surface area contributed by atoms with Gasteiger partial charge in [0.15, 0.2) is 0 Å². The molecule has 0 aromatic heterocycles. The van der Waals surface area contributed by atoms with Gasteiger partial charge in [-0.25, -0.2) is 0 Å². The molecule has 1 aromatic carbocycles. The molecule has 0 aliphatic carbocycles. The minimum absolute atomic E-state index is 0.0221. The van der Waals surface area contributed by atoms with E-state index in [0.717, 1.165) is 16.8 Å². The smallest absolute Gasteiger partial charge is 0.241 e. The van der Waals surface area contributed by atoms with E-state index in [1.54, 1.807) is 0 Å². The van der Waals surface area contributed by atoms with E-state index in [4.69, 9.17) is 10.8 Å². The van der Waals surface area contributed by atoms with Crippen molar-refractivity contribution in [2.45, 2.75) is 19.1 Å². The van der Waals surface area contributed by atoms with E-state index in [1.807, 2.05) is 18.2 Å². The van der Waals surface area contributed by atoms with Gasteiger partial charge in [-0.3, -0.25) is 4.79 Å². The Balaban J connectivity index is 2.46. The van der Waals surface area contributed by atoms with Crippen LogP contribution in [0.15, 0.2) is 18.2 Å². The molecule has 1 atom stereocenters. The first kappa shape index (κ1) is 9.18. The Morgan fingerprint density at radius 1 is 1.57 bits per heavy atom. The van der Waals surface area contributed by atoms with Crippen molar-refractivity contribution >= 4 is 11.6 Å². The van der Waals surface area contributed by atoms with Gasteiger partial charge >= 0.3 is 0 Å². The lowest BCUT2D eigenvalue weighted by Gasteiger charge is -2.23. The van der Waals surface area contributed by atoms with Crippen LogP contribution < -0.4 is 11.1 Å². The van der Waals surface area contributed by atoms with Crippen molar-refractivity contribution in [2.75, 3.05) is 5.32 Å². The summed E-state index contributed by atoms with van der Waals surface area (Å²) in [5.74, 6) is -0.160. The van der Waals surface area contributed by atoms with Gasteiger partial charge in [0.25, 0.3) is 0 Å². The molecular weight excluding hydrogens is 180 g/mol. The van der Waals surface area contributed by atoms with E-state index in [1.165, 1.54) is 0 Å². The number of aliphatic hydroxyl groups excluding tert-OH is 1. The molecule has 0 saturated carbocycles. The third-order valence-electron chi connectivity index (χ3n) is 2.46. The standard InChI is InChI=1S/C10H12N2O2/c11-8-4-7-6(5-13)2-1-3-9(7)12-10(8)14/h1-3,8,13H,4-5,11H2,(H,12,14). The quantitative estimate of drug-likeness (QED) is 0.586. The summed E-state index contributed by atoms with van der Waals surface area (Å²) in [7, 11) is 0. The van der Waals surface area contributed by atoms with Gasteiger partial charge in [0.2, 0.25) is 5.91 Å². The molecule has 1 unspecified atom stereocenters. The molecule has 2 rings (SSSR count). The third-order valence-corrected chi connectivity index (χ3v) is 2.46. The topological polar surface area (TPSA) is 75.3 Å². The molecule has 1 aromatic rings. The second-order valence-electron chi connectivity index (χ2n) is 3.40. The largest absolute Gasteiger partial charge is 0.392 e. The van der Waals surface area contributed by atoms with Gasteiger partial charge in [0, 0.05) is 5.69 Å². The molecule has 1 aliphatic rings. The molecule has 0 radical (unpaired) electrons. The summed E-state index contributed by atoms with van der Waals surface area (Å²) in [5, 5.41) is 11.8. The highest BCUT2D eigenvalue weighted by atomic mass is 16.3. The number of hydrogen-bond donors (Lipinski definition) is 3. The van der Waals surface area contributed by atoms with E-state index in [9.17, 15) is 4.79 Å². The lowest BCUT2D eigenvalue weighted by molar-refractivity contribution is -0.117. The Hall–Kier alpha value is -1.39. The van der Waals surface area contributed by atoms with Gasteiger partial charge in [-0.2, -0.15) is 0 Å². The second kappa shape index (κ2) is 3.40. The Morgan fingerprint density at radius 3 is 3.07 bits per heavy atom. The summed E-state index contributed by atoms with van der Waals surface area (Å²) in [4.78, 5) is 11.3. The summed E-state index contributed by atoms with van der Waals surface area (Å²) in [5.41, 5.74) is 8.17. The van der Waals surface area contributed by atoms with Gasteiger partial charge < -0.3 is 16.2 Å². The fourth-order valence-electron chi connectivity index (χ4n) is 1.68. The average molecular weight is 192 g/mol. The highest BCUT2D eigenvalue weighted by molar-refractivity contribution is 5.98. The first-order valence-electron chi connectivity index (χ1n) is 4.50. The predicted octanol–water partition coefficient (Wildman–Crippen LogP) is 0.000800. The van der Waals surface area contributed by atoms with E-state index >= 15 is 0 Å². The van der Waals surface area contributed by atoms with Crippen LogP contribution in [0.5, 0.6) is 0 Å². The highest BCUT2D eigenvalue weighted by Gasteiger charge is 2.23. The van der Waals surface area contributed by atoms with E-state index in [2.05, 4.69) is 5.32 Å². The molecule has 1 amide bonds. The summed E-state index contributed by atoms with van der Waals surface area (Å²) in [6.45, 7) is -0.0221. The van der Waals surface area contributed by atoms with Gasteiger partial charge in [0.05, 0.1) is 12.6 Å². The first-order valence-corrected chi connectivity index (χ1v) is 4.50. The summed E-state index contributed by atoms with van der Waals surface area (Å²) in [6, 6.07) is 4.96. The zero-order chi connectivity index (χ0) is 10.1. The second-order valence-corrected chi connectivity index (χ2v) is 3.40. The number of aliphatic hydroxyl groups is 1. The molecule has 1 aliphatic heterocycles. The SMILES string of the molecule is NC1Cc2c(CO)cccc2NC1=O. The van der Waals surface area contributed by atoms with Crippen LogP contribution in [-0.2, 0) is 17.8 Å². The number of benzene rings is 1. The summed E-state index contributed by atoms with van der Waals surface area (Å²) in [6.07, 6.45) is 0.498. The Labute approximate surface area is 81.7 Å². The number of nitrogens with two attached hydrogens (primary N) is 1. The van der Waals surface area contributed by atoms with Crippen LogP contribution in [0, 0.1) is 0 Å². The van der Waals surface area contributed by atoms with Crippen molar-refractivity contribution in [3.8, 4) is 0 Å². The Morgan fingerprint density at radius 2 is 2.36 bits per heavy atom. The van der Waals surface area contributed by atoms with E-state index in [-0.39, 0.29) is 12.5 Å². The van der Waals surface area contributed by atoms with Crippen LogP contribution in [0.25, 0.3) is 0 Å². The molecule has 14 heavy (non-hydrogen) atoms. The number of carbonyl (C=O) groups is 1. The third kappa shape index (κ3) is 1.38. The number of nitrogens with one attached hydrogen (secondary N) is 1. The zero-order valence-electron chi connectivity index (χ0n) is 7.66. The number of carbonyl (C=O) groups excluding carboxylic acids is 1. The number of fused-ring (bicyclic) bond motifs is 1. The number of anilines is 1. The van der Waals surface area contributed by atoms with Gasteiger partial charge in [-0.15, -0.1) is 0 Å². The minimum atomic E-state index is -0.504. The summed E-state index contributed by atoms with van der Waals surface area (Å²) >= 11 is 0. The molecule has 74 valence electrons. The van der Waals surface area contributed by atoms with E-state index in [0.29, 0.717) is 6.42 Å². The lowest BCUT2D eigenvalue weighted by Crippen LogP contribution is -2.41. The number of rotatable bonds is 1. The number of hydrogen-bond acceptors (Lipinski definition) is 3. The Bertz CT molecular complexity index is 376. The minimum Gasteiger partial charge on any atom is -0.392 e. The molecule has 0 bridgehead atoms. The van der Waals surface area contributed by atoms with Gasteiger partial charge in [0.1, 0.15) is 0 Å². The van der Waals surface area contributed by atoms with Crippen LogP contribution in [0.3, 0.4) is 0 Å². The maximum atomic E-state index is 11.3. The van der Waals surface area contributed by atoms with Crippen molar-refractivity contribution < 1.29 is 9.90 Å². The van der Waals surface area contributed by atoms with Crippen LogP contribution in [0.4, 0.5) is 5.69 Å². The van der Waals surface area contributed by atoms with Crippen molar-refractivity contribution in [1.29, 1.82) is 0 Å². The lowest BCUT2D eigenvalue weighted by atomic mass is 9.95. The molecule has 4 N–H and O–H groups in total. The van der Waals surface area contributed by atoms with E-state index < -0.39 is 6.04 Å². The van der Waals surface area contributed by atoms with Gasteiger partial charge in [-0.1, -0.05) is 12.1 Å². The van der Waals surface area contributed by atoms with Crippen LogP contribution in [-0.4, -0.2) is 17.1 Å². The first-order chi connectivity index (χ1) is 6.72. The molecular formula is C10H12N2O2. The normalized spacial score (nSPS) is 20.1. The fourth-order valence-corrected chi connectivity index (χ4v) is 1.68. The molecule has 1 heterocycles. The van der Waals surface area contributed by atoms with Crippen LogP contribution >= 0.6 is 0 Å². The van der Waals surface area contributed by atoms with Crippen molar-refractivity contribution in [3.63, 3.8) is 0 Å². The molecule has 4 heteroatoms. The van der Waals surface area contributed by atoms with Crippen molar-refractivity contribution in [1.82, 2.24) is 0 Å². The maximum absolute atomic E-state index is 11.3. The zero-order valence-corrected chi connectivity index (χ0v) is 7.66. The molecule has 0 spiro atoms. The van der Waals surface area contributed by atoms with Crippen LogP contribution in [0.2, 0.25) is 0 Å². The van der Waals surface area contributed by atoms with Crippen molar-refractivity contribution in [2.24, 2.45) is 5.73 Å². The fraction of sp³-hybridized carbons (Fsp3) is 0.300. The monoisotopic (exact) mass is 192 g/mol. The molecule has 4 nitrogen and oxygen atoms in total. The molecule has 0 saturated heterocycles. The Kier molecular flexibility index (Phi) is 2.23. The van der Waals surface area contributed by atoms with Crippen LogP contribution in [0.1, 0.15) is 11.1 Å². The summed E-state index contributed by atoms with van der Waals surface area (Å²) < 4.78 is 0. The predicted molar refractivity (Wildman–Crippen MR) is 52.7 cm³/mol. The number of amides is 1. The van der Waals surface area contributed by atoms with Crippen molar-refractivity contribution in [3.05, 3.63) is 29.3 Å². The highest BCUT2D eigenvalue weighted by Crippen LogP contribution is 2.25. The average Bonchev–Trinajstić information content (AvgIpc) is 2.19. The maximum Gasteiger partial charge on any atom is 0.241 e. The van der Waals surface area contributed by atoms with Gasteiger partial charge in [-0.05, 0) is 23.6 Å².